The number of hydrogen-bond acceptors (Lipinski definition) is 1. The lowest BCUT2D eigenvalue weighted by molar-refractivity contribution is 0.103. The lowest BCUT2D eigenvalue weighted by atomic mass is 9.82. The molecule has 2 aromatic rings. The van der Waals surface area contributed by atoms with Crippen LogP contribution in [0, 0.1) is 13.8 Å². The van der Waals surface area contributed by atoms with Crippen molar-refractivity contribution >= 4 is 5.78 Å². The molecule has 84 valence electrons. The molecule has 0 radical (unpaired) electrons. The van der Waals surface area contributed by atoms with Crippen molar-refractivity contribution in [2.24, 2.45) is 0 Å². The van der Waals surface area contributed by atoms with Gasteiger partial charge in [-0.3, -0.25) is 4.79 Å². The highest BCUT2D eigenvalue weighted by Crippen LogP contribution is 2.29. The van der Waals surface area contributed by atoms with Gasteiger partial charge in [-0.1, -0.05) is 42.0 Å². The van der Waals surface area contributed by atoms with E-state index in [2.05, 4.69) is 19.1 Å². The average Bonchev–Trinajstić information content (AvgIpc) is 2.28. The van der Waals surface area contributed by atoms with Gasteiger partial charge in [0.05, 0.1) is 0 Å². The highest BCUT2D eigenvalue weighted by molar-refractivity contribution is 6.13. The fourth-order valence-electron chi connectivity index (χ4n) is 2.76. The van der Waals surface area contributed by atoms with E-state index in [1.165, 1.54) is 11.1 Å². The molecule has 0 aromatic heterocycles. The highest BCUT2D eigenvalue weighted by Gasteiger charge is 2.24. The number of aryl methyl sites for hydroxylation is 2. The number of hydrogen-bond donors (Lipinski definition) is 0. The molecule has 3 rings (SSSR count). The molecule has 0 atom stereocenters. The van der Waals surface area contributed by atoms with Crippen LogP contribution >= 0.6 is 0 Å². The fraction of sp³-hybridized carbons (Fsp3) is 0.188. The molecule has 1 aliphatic rings. The van der Waals surface area contributed by atoms with E-state index in [4.69, 9.17) is 0 Å². The minimum atomic E-state index is 0.180. The van der Waals surface area contributed by atoms with Gasteiger partial charge in [0.15, 0.2) is 5.78 Å². The third-order valence-electron chi connectivity index (χ3n) is 3.43. The summed E-state index contributed by atoms with van der Waals surface area (Å²) in [6.07, 6.45) is 0.875. The monoisotopic (exact) mass is 222 g/mol. The van der Waals surface area contributed by atoms with Crippen LogP contribution in [0.4, 0.5) is 0 Å². The smallest absolute Gasteiger partial charge is 0.193 e. The number of benzene rings is 2. The first-order valence-electron chi connectivity index (χ1n) is 5.89. The minimum Gasteiger partial charge on any atom is -0.289 e. The molecule has 0 amide bonds. The molecule has 0 saturated heterocycles. The molecule has 0 unspecified atom stereocenters. The summed E-state index contributed by atoms with van der Waals surface area (Å²) < 4.78 is 0. The number of carbonyl (C=O) groups is 1. The van der Waals surface area contributed by atoms with E-state index in [9.17, 15) is 4.79 Å². The van der Waals surface area contributed by atoms with Gasteiger partial charge in [0.1, 0.15) is 0 Å². The molecule has 1 heteroatoms. The van der Waals surface area contributed by atoms with Crippen LogP contribution in [0.2, 0.25) is 0 Å². The van der Waals surface area contributed by atoms with Gasteiger partial charge in [0, 0.05) is 11.1 Å². The van der Waals surface area contributed by atoms with Gasteiger partial charge in [0.2, 0.25) is 0 Å². The average molecular weight is 222 g/mol. The second-order valence-corrected chi connectivity index (χ2v) is 4.78. The normalized spacial score (nSPS) is 13.2. The Morgan fingerprint density at radius 3 is 2.59 bits per heavy atom. The first-order chi connectivity index (χ1) is 8.16. The van der Waals surface area contributed by atoms with E-state index in [-0.39, 0.29) is 5.78 Å². The number of ketones is 1. The molecule has 2 aromatic carbocycles. The van der Waals surface area contributed by atoms with Crippen LogP contribution in [0.25, 0.3) is 0 Å². The maximum Gasteiger partial charge on any atom is 0.193 e. The van der Waals surface area contributed by atoms with Crippen LogP contribution in [-0.2, 0) is 6.42 Å². The predicted molar refractivity (Wildman–Crippen MR) is 68.6 cm³/mol. The second kappa shape index (κ2) is 3.56. The number of rotatable bonds is 0. The molecule has 0 aliphatic heterocycles. The third kappa shape index (κ3) is 1.50. The van der Waals surface area contributed by atoms with Crippen molar-refractivity contribution in [3.05, 3.63) is 69.8 Å². The van der Waals surface area contributed by atoms with Gasteiger partial charge in [0.25, 0.3) is 0 Å². The van der Waals surface area contributed by atoms with E-state index in [0.29, 0.717) is 0 Å². The van der Waals surface area contributed by atoms with Gasteiger partial charge in [-0.2, -0.15) is 0 Å². The summed E-state index contributed by atoms with van der Waals surface area (Å²) in [6, 6.07) is 12.1. The second-order valence-electron chi connectivity index (χ2n) is 4.78. The van der Waals surface area contributed by atoms with E-state index in [1.807, 2.05) is 31.2 Å². The van der Waals surface area contributed by atoms with Gasteiger partial charge in [-0.05, 0) is 37.0 Å². The summed E-state index contributed by atoms with van der Waals surface area (Å²) in [5.41, 5.74) is 6.43. The van der Waals surface area contributed by atoms with Gasteiger partial charge < -0.3 is 0 Å². The zero-order valence-electron chi connectivity index (χ0n) is 10.1. The molecule has 0 spiro atoms. The van der Waals surface area contributed by atoms with Crippen LogP contribution in [0.1, 0.15) is 38.2 Å². The maximum absolute atomic E-state index is 12.4. The van der Waals surface area contributed by atoms with Crippen molar-refractivity contribution in [1.29, 1.82) is 0 Å². The highest BCUT2D eigenvalue weighted by atomic mass is 16.1. The molecule has 0 saturated carbocycles. The molecule has 1 nitrogen and oxygen atoms in total. The van der Waals surface area contributed by atoms with Crippen molar-refractivity contribution in [3.63, 3.8) is 0 Å². The van der Waals surface area contributed by atoms with Crippen molar-refractivity contribution in [3.8, 4) is 0 Å². The number of fused-ring (bicyclic) bond motifs is 2. The minimum absolute atomic E-state index is 0.180. The van der Waals surface area contributed by atoms with E-state index >= 15 is 0 Å². The first kappa shape index (κ1) is 10.3. The van der Waals surface area contributed by atoms with Crippen molar-refractivity contribution < 1.29 is 4.79 Å². The van der Waals surface area contributed by atoms with Crippen LogP contribution in [0.3, 0.4) is 0 Å². The zero-order chi connectivity index (χ0) is 12.0. The van der Waals surface area contributed by atoms with Crippen LogP contribution in [-0.4, -0.2) is 5.78 Å². The Labute approximate surface area is 101 Å². The van der Waals surface area contributed by atoms with Gasteiger partial charge in [-0.25, -0.2) is 0 Å². The quantitative estimate of drug-likeness (QED) is 0.569. The van der Waals surface area contributed by atoms with Crippen molar-refractivity contribution in [2.75, 3.05) is 0 Å². The Kier molecular flexibility index (Phi) is 2.15. The lowest BCUT2D eigenvalue weighted by Gasteiger charge is -2.20. The van der Waals surface area contributed by atoms with E-state index in [1.54, 1.807) is 0 Å². The van der Waals surface area contributed by atoms with Crippen molar-refractivity contribution in [2.45, 2.75) is 20.3 Å². The standard InChI is InChI=1S/C16H14O/c1-10-7-11(2)15-13(8-10)9-12-5-3-4-6-14(12)16(15)17/h3-8H,9H2,1-2H3. The summed E-state index contributed by atoms with van der Waals surface area (Å²) in [5.74, 6) is 0.180. The van der Waals surface area contributed by atoms with Crippen LogP contribution in [0.5, 0.6) is 0 Å². The summed E-state index contributed by atoms with van der Waals surface area (Å²) in [7, 11) is 0. The number of carbonyl (C=O) groups excluding carboxylic acids is 1. The van der Waals surface area contributed by atoms with Gasteiger partial charge >= 0.3 is 0 Å². The van der Waals surface area contributed by atoms with Crippen LogP contribution in [0.15, 0.2) is 36.4 Å². The molecule has 17 heavy (non-hydrogen) atoms. The molecule has 0 bridgehead atoms. The summed E-state index contributed by atoms with van der Waals surface area (Å²) >= 11 is 0. The molecular formula is C16H14O. The third-order valence-corrected chi connectivity index (χ3v) is 3.43. The predicted octanol–water partition coefficient (Wildman–Crippen LogP) is 3.44. The van der Waals surface area contributed by atoms with Crippen LogP contribution < -0.4 is 0 Å². The Bertz CT molecular complexity index is 623. The van der Waals surface area contributed by atoms with Crippen molar-refractivity contribution in [1.82, 2.24) is 0 Å². The summed E-state index contributed by atoms with van der Waals surface area (Å²) in [6.45, 7) is 4.11. The van der Waals surface area contributed by atoms with E-state index in [0.717, 1.165) is 28.7 Å². The molecule has 0 fully saturated rings. The summed E-state index contributed by atoms with van der Waals surface area (Å²) in [5, 5.41) is 0. The van der Waals surface area contributed by atoms with E-state index < -0.39 is 0 Å². The largest absolute Gasteiger partial charge is 0.289 e. The SMILES string of the molecule is Cc1cc(C)c2c(c1)Cc1ccccc1C2=O. The topological polar surface area (TPSA) is 17.1 Å². The Hall–Kier alpha value is -1.89. The maximum atomic E-state index is 12.4. The molecular weight excluding hydrogens is 208 g/mol. The Morgan fingerprint density at radius 2 is 1.76 bits per heavy atom. The zero-order valence-corrected chi connectivity index (χ0v) is 10.1. The van der Waals surface area contributed by atoms with Gasteiger partial charge in [-0.15, -0.1) is 0 Å². The first-order valence-corrected chi connectivity index (χ1v) is 5.89. The molecule has 0 N–H and O–H groups in total. The fourth-order valence-corrected chi connectivity index (χ4v) is 2.76. The Morgan fingerprint density at radius 1 is 1.00 bits per heavy atom. The Balaban J connectivity index is 2.27. The molecule has 1 aliphatic carbocycles. The lowest BCUT2D eigenvalue weighted by Crippen LogP contribution is -2.16. The summed E-state index contributed by atoms with van der Waals surface area (Å²) in [4.78, 5) is 12.4. The molecule has 0 heterocycles.